The highest BCUT2D eigenvalue weighted by atomic mass is 16.4. The molecule has 0 spiro atoms. The maximum Gasteiger partial charge on any atom is 0.330 e. The number of hydrogen-bond donors (Lipinski definition) is 3. The van der Waals surface area contributed by atoms with Crippen LogP contribution >= 0.6 is 0 Å². The van der Waals surface area contributed by atoms with E-state index in [9.17, 15) is 9.59 Å². The van der Waals surface area contributed by atoms with Gasteiger partial charge in [0.05, 0.1) is 0 Å². The number of carbonyl (C=O) groups is 2. The van der Waals surface area contributed by atoms with Crippen LogP contribution in [0.5, 0.6) is 0 Å². The van der Waals surface area contributed by atoms with Crippen LogP contribution in [0.3, 0.4) is 0 Å². The lowest BCUT2D eigenvalue weighted by atomic mass is 10.4. The Morgan fingerprint density at radius 2 is 1.77 bits per heavy atom. The summed E-state index contributed by atoms with van der Waals surface area (Å²) >= 11 is 0. The quantitative estimate of drug-likeness (QED) is 0.439. The molecule has 0 aliphatic rings. The van der Waals surface area contributed by atoms with Gasteiger partial charge in [0.25, 0.3) is 0 Å². The molecule has 0 unspecified atom stereocenters. The molecule has 0 saturated heterocycles. The zero-order chi connectivity index (χ0) is 10.9. The molecule has 0 aliphatic carbocycles. The maximum absolute atomic E-state index is 10.0. The van der Waals surface area contributed by atoms with E-state index in [1.54, 1.807) is 0 Å². The number of carboxylic acids is 1. The molecule has 3 N–H and O–H groups in total. The van der Waals surface area contributed by atoms with Crippen molar-refractivity contribution in [1.29, 1.82) is 0 Å². The first-order valence-corrected chi connectivity index (χ1v) is 3.80. The maximum atomic E-state index is 10.0. The monoisotopic (exact) mass is 188 g/mol. The number of amides is 1. The van der Waals surface area contributed by atoms with Gasteiger partial charge in [0.1, 0.15) is 0 Å². The minimum Gasteiger partial charge on any atom is -0.478 e. The molecular weight excluding hydrogens is 172 g/mol. The molecule has 0 atom stereocenters. The minimum atomic E-state index is -0.935. The first-order chi connectivity index (χ1) is 5.91. The average Bonchev–Trinajstić information content (AvgIpc) is 2.01. The minimum absolute atomic E-state index is 0.0538. The van der Waals surface area contributed by atoms with Gasteiger partial charge in [0, 0.05) is 19.0 Å². The second kappa shape index (κ2) is 8.73. The molecule has 0 radical (unpaired) electrons. The number of hydrogen-bond acceptors (Lipinski definition) is 3. The standard InChI is InChI=1S/C4H10N2O.C4H6O2/c1-3-5-6-4(2)7;1-3(2)4(5)6/h5H,3H2,1-2H3,(H,6,7);1H2,2H3,(H,5,6). The van der Waals surface area contributed by atoms with Crippen LogP contribution in [0, 0.1) is 0 Å². The summed E-state index contributed by atoms with van der Waals surface area (Å²) in [5, 5.41) is 7.89. The molecule has 1 amide bonds. The Morgan fingerprint density at radius 1 is 1.38 bits per heavy atom. The number of carbonyl (C=O) groups excluding carboxylic acids is 1. The van der Waals surface area contributed by atoms with Gasteiger partial charge in [-0.15, -0.1) is 0 Å². The number of nitrogens with one attached hydrogen (secondary N) is 2. The molecule has 0 aromatic heterocycles. The molecular formula is C8H16N2O3. The largest absolute Gasteiger partial charge is 0.478 e. The van der Waals surface area contributed by atoms with Crippen molar-refractivity contribution in [2.24, 2.45) is 0 Å². The predicted octanol–water partition coefficient (Wildman–Crippen LogP) is 0.294. The van der Waals surface area contributed by atoms with Gasteiger partial charge in [-0.1, -0.05) is 13.5 Å². The summed E-state index contributed by atoms with van der Waals surface area (Å²) in [5.74, 6) is -0.989. The third kappa shape index (κ3) is 18.0. The van der Waals surface area contributed by atoms with E-state index < -0.39 is 5.97 Å². The molecule has 13 heavy (non-hydrogen) atoms. The van der Waals surface area contributed by atoms with Crippen LogP contribution in [0.25, 0.3) is 0 Å². The van der Waals surface area contributed by atoms with Crippen molar-refractivity contribution in [3.63, 3.8) is 0 Å². The van der Waals surface area contributed by atoms with Gasteiger partial charge in [-0.2, -0.15) is 0 Å². The normalized spacial score (nSPS) is 7.92. The molecule has 5 heteroatoms. The molecule has 0 aliphatic heterocycles. The van der Waals surface area contributed by atoms with Crippen LogP contribution in [0.15, 0.2) is 12.2 Å². The molecule has 0 saturated carbocycles. The van der Waals surface area contributed by atoms with Crippen molar-refractivity contribution in [2.45, 2.75) is 20.8 Å². The third-order valence-corrected chi connectivity index (χ3v) is 0.806. The van der Waals surface area contributed by atoms with E-state index in [-0.39, 0.29) is 11.5 Å². The van der Waals surface area contributed by atoms with Crippen LogP contribution in [0.1, 0.15) is 20.8 Å². The molecule has 0 aromatic rings. The van der Waals surface area contributed by atoms with Gasteiger partial charge in [-0.25, -0.2) is 10.2 Å². The Labute approximate surface area is 77.8 Å². The average molecular weight is 188 g/mol. The summed E-state index contributed by atoms with van der Waals surface area (Å²) in [6, 6.07) is 0. The van der Waals surface area contributed by atoms with Gasteiger partial charge in [0.2, 0.25) is 5.91 Å². The second-order valence-electron chi connectivity index (χ2n) is 2.30. The Kier molecular flexibility index (Phi) is 9.53. The van der Waals surface area contributed by atoms with Crippen molar-refractivity contribution in [3.8, 4) is 0 Å². The predicted molar refractivity (Wildman–Crippen MR) is 49.9 cm³/mol. The molecule has 0 aromatic carbocycles. The van der Waals surface area contributed by atoms with Crippen LogP contribution in [-0.4, -0.2) is 23.5 Å². The lowest BCUT2D eigenvalue weighted by Crippen LogP contribution is -2.35. The molecule has 0 bridgehead atoms. The van der Waals surface area contributed by atoms with E-state index in [4.69, 9.17) is 5.11 Å². The second-order valence-corrected chi connectivity index (χ2v) is 2.30. The summed E-state index contributed by atoms with van der Waals surface area (Å²) < 4.78 is 0. The van der Waals surface area contributed by atoms with E-state index in [0.29, 0.717) is 0 Å². The zero-order valence-electron chi connectivity index (χ0n) is 8.18. The van der Waals surface area contributed by atoms with Gasteiger partial charge >= 0.3 is 5.97 Å². The highest BCUT2D eigenvalue weighted by Crippen LogP contribution is 1.81. The highest BCUT2D eigenvalue weighted by molar-refractivity contribution is 5.84. The van der Waals surface area contributed by atoms with Crippen LogP contribution < -0.4 is 10.9 Å². The molecule has 76 valence electrons. The van der Waals surface area contributed by atoms with E-state index in [0.717, 1.165) is 6.54 Å². The number of hydrazine groups is 1. The van der Waals surface area contributed by atoms with Crippen LogP contribution in [-0.2, 0) is 9.59 Å². The number of rotatable bonds is 3. The Balaban J connectivity index is 0. The zero-order valence-corrected chi connectivity index (χ0v) is 8.18. The Bertz CT molecular complexity index is 178. The van der Waals surface area contributed by atoms with Crippen molar-refractivity contribution < 1.29 is 14.7 Å². The number of carboxylic acid groups (broad SMARTS) is 1. The first kappa shape index (κ1) is 14.2. The summed E-state index contributed by atoms with van der Waals surface area (Å²) in [6.07, 6.45) is 0. The lowest BCUT2D eigenvalue weighted by Gasteiger charge is -1.96. The summed E-state index contributed by atoms with van der Waals surface area (Å²) in [7, 11) is 0. The fourth-order valence-corrected chi connectivity index (χ4v) is 0.213. The topological polar surface area (TPSA) is 78.4 Å². The molecule has 0 heterocycles. The summed E-state index contributed by atoms with van der Waals surface area (Å²) in [4.78, 5) is 19.6. The smallest absolute Gasteiger partial charge is 0.330 e. The lowest BCUT2D eigenvalue weighted by molar-refractivity contribution is -0.132. The fourth-order valence-electron chi connectivity index (χ4n) is 0.213. The molecule has 5 nitrogen and oxygen atoms in total. The van der Waals surface area contributed by atoms with Crippen molar-refractivity contribution in [3.05, 3.63) is 12.2 Å². The van der Waals surface area contributed by atoms with E-state index in [1.165, 1.54) is 13.8 Å². The van der Waals surface area contributed by atoms with E-state index in [1.807, 2.05) is 6.92 Å². The summed E-state index contributed by atoms with van der Waals surface area (Å²) in [5.41, 5.74) is 5.23. The highest BCUT2D eigenvalue weighted by Gasteiger charge is 1.90. The Hall–Kier alpha value is -1.36. The SMILES string of the molecule is C=C(C)C(=O)O.CCNNC(C)=O. The van der Waals surface area contributed by atoms with Gasteiger partial charge in [-0.3, -0.25) is 10.2 Å². The van der Waals surface area contributed by atoms with E-state index >= 15 is 0 Å². The first-order valence-electron chi connectivity index (χ1n) is 3.80. The van der Waals surface area contributed by atoms with Crippen LogP contribution in [0.2, 0.25) is 0 Å². The third-order valence-electron chi connectivity index (χ3n) is 0.806. The van der Waals surface area contributed by atoms with E-state index in [2.05, 4.69) is 17.4 Å². The van der Waals surface area contributed by atoms with Gasteiger partial charge in [0.15, 0.2) is 0 Å². The van der Waals surface area contributed by atoms with Crippen LogP contribution in [0.4, 0.5) is 0 Å². The summed E-state index contributed by atoms with van der Waals surface area (Å²) in [6.45, 7) is 8.74. The molecule has 0 rings (SSSR count). The molecule has 0 fully saturated rings. The van der Waals surface area contributed by atoms with Crippen molar-refractivity contribution in [2.75, 3.05) is 6.54 Å². The number of aliphatic carboxylic acids is 1. The van der Waals surface area contributed by atoms with Gasteiger partial charge in [-0.05, 0) is 6.92 Å². The van der Waals surface area contributed by atoms with Crippen molar-refractivity contribution in [1.82, 2.24) is 10.9 Å². The Morgan fingerprint density at radius 3 is 1.85 bits per heavy atom. The van der Waals surface area contributed by atoms with Gasteiger partial charge < -0.3 is 5.11 Å². The van der Waals surface area contributed by atoms with Crippen molar-refractivity contribution >= 4 is 11.9 Å². The fraction of sp³-hybridized carbons (Fsp3) is 0.500.